The third-order valence-electron chi connectivity index (χ3n) is 7.06. The molecule has 35 heavy (non-hydrogen) atoms. The predicted octanol–water partition coefficient (Wildman–Crippen LogP) is 5.83. The second kappa shape index (κ2) is 8.98. The maximum Gasteiger partial charge on any atom is 0.185 e. The van der Waals surface area contributed by atoms with Gasteiger partial charge in [-0.15, -0.1) is 11.8 Å². The van der Waals surface area contributed by atoms with Gasteiger partial charge in [-0.3, -0.25) is 4.79 Å². The summed E-state index contributed by atoms with van der Waals surface area (Å²) in [4.78, 5) is 17.1. The number of nitrogens with zero attached hydrogens (tertiary/aromatic N) is 3. The monoisotopic (exact) mass is 477 g/mol. The van der Waals surface area contributed by atoms with Crippen molar-refractivity contribution in [2.24, 2.45) is 5.41 Å². The topological polar surface area (TPSA) is 77.1 Å². The molecule has 0 N–H and O–H groups in total. The van der Waals surface area contributed by atoms with Gasteiger partial charge in [0.1, 0.15) is 11.8 Å². The van der Waals surface area contributed by atoms with Crippen molar-refractivity contribution in [3.63, 3.8) is 0 Å². The lowest BCUT2D eigenvalue weighted by Gasteiger charge is -2.34. The van der Waals surface area contributed by atoms with E-state index in [1.165, 1.54) is 0 Å². The van der Waals surface area contributed by atoms with Gasteiger partial charge in [0.2, 0.25) is 0 Å². The van der Waals surface area contributed by atoms with Crippen molar-refractivity contribution >= 4 is 23.6 Å². The second-order valence-corrected chi connectivity index (χ2v) is 9.56. The molecule has 6 heteroatoms. The number of thioether (sulfide) groups is 1. The Morgan fingerprint density at radius 3 is 2.31 bits per heavy atom. The van der Waals surface area contributed by atoms with Crippen LogP contribution in [0.25, 0.3) is 6.08 Å². The van der Waals surface area contributed by atoms with Gasteiger partial charge in [-0.2, -0.15) is 10.5 Å². The van der Waals surface area contributed by atoms with E-state index in [4.69, 9.17) is 4.74 Å². The lowest BCUT2D eigenvalue weighted by atomic mass is 9.67. The molecule has 1 fully saturated rings. The Kier molecular flexibility index (Phi) is 5.84. The van der Waals surface area contributed by atoms with E-state index in [0.717, 1.165) is 21.6 Å². The van der Waals surface area contributed by atoms with E-state index < -0.39 is 23.4 Å². The van der Waals surface area contributed by atoms with Gasteiger partial charge in [0.05, 0.1) is 25.3 Å². The molecule has 5 rings (SSSR count). The zero-order valence-corrected chi connectivity index (χ0v) is 20.2. The summed E-state index contributed by atoms with van der Waals surface area (Å²) in [6.07, 6.45) is 5.83. The predicted molar refractivity (Wildman–Crippen MR) is 136 cm³/mol. The Balaban J connectivity index is 1.73. The first-order chi connectivity index (χ1) is 17.1. The molecule has 0 bridgehead atoms. The van der Waals surface area contributed by atoms with Crippen molar-refractivity contribution in [3.8, 4) is 17.9 Å². The highest BCUT2D eigenvalue weighted by Gasteiger charge is 2.63. The number of Topliss-reactive ketones (excluding diaryl/α,β-unsaturated/α-hetero) is 1. The van der Waals surface area contributed by atoms with E-state index in [0.29, 0.717) is 11.3 Å². The number of carbonyl (C=O) groups excluding carboxylic acids is 1. The van der Waals surface area contributed by atoms with E-state index in [1.807, 2.05) is 72.0 Å². The normalized spacial score (nSPS) is 21.4. The summed E-state index contributed by atoms with van der Waals surface area (Å²) in [5.41, 5.74) is 1.69. The van der Waals surface area contributed by atoms with Crippen LogP contribution < -0.4 is 4.74 Å². The summed E-state index contributed by atoms with van der Waals surface area (Å²) >= 11 is 1.62. The average molecular weight is 478 g/mol. The Labute approximate surface area is 209 Å². The summed E-state index contributed by atoms with van der Waals surface area (Å²) in [5.74, 6) is -0.123. The molecule has 5 nitrogen and oxygen atoms in total. The number of hydrogen-bond donors (Lipinski definition) is 0. The van der Waals surface area contributed by atoms with Crippen molar-refractivity contribution in [3.05, 3.63) is 101 Å². The number of hydrogen-bond acceptors (Lipinski definition) is 6. The van der Waals surface area contributed by atoms with E-state index >= 15 is 0 Å². The summed E-state index contributed by atoms with van der Waals surface area (Å²) in [6, 6.07) is 26.1. The smallest absolute Gasteiger partial charge is 0.185 e. The van der Waals surface area contributed by atoms with Crippen LogP contribution in [0.5, 0.6) is 5.75 Å². The van der Waals surface area contributed by atoms with Gasteiger partial charge in [-0.05, 0) is 65.4 Å². The van der Waals surface area contributed by atoms with Crippen LogP contribution in [-0.4, -0.2) is 30.1 Å². The molecule has 2 heterocycles. The Bertz CT molecular complexity index is 1370. The van der Waals surface area contributed by atoms with Crippen molar-refractivity contribution in [2.45, 2.75) is 22.9 Å². The van der Waals surface area contributed by atoms with E-state index in [9.17, 15) is 15.3 Å². The molecule has 0 amide bonds. The van der Waals surface area contributed by atoms with Gasteiger partial charge >= 0.3 is 0 Å². The number of ether oxygens (including phenoxy) is 1. The largest absolute Gasteiger partial charge is 0.497 e. The van der Waals surface area contributed by atoms with Crippen molar-refractivity contribution in [2.75, 3.05) is 13.4 Å². The van der Waals surface area contributed by atoms with Gasteiger partial charge < -0.3 is 9.64 Å². The van der Waals surface area contributed by atoms with E-state index in [-0.39, 0.29) is 5.78 Å². The van der Waals surface area contributed by atoms with Crippen LogP contribution in [0.1, 0.15) is 39.0 Å². The minimum atomic E-state index is -1.46. The molecule has 0 saturated carbocycles. The van der Waals surface area contributed by atoms with Gasteiger partial charge in [0, 0.05) is 22.6 Å². The Morgan fingerprint density at radius 1 is 1.00 bits per heavy atom. The van der Waals surface area contributed by atoms with E-state index in [1.54, 1.807) is 43.1 Å². The fourth-order valence-corrected chi connectivity index (χ4v) is 5.81. The highest BCUT2D eigenvalue weighted by Crippen LogP contribution is 2.60. The SMILES string of the molecule is COc1ccc(C(=O)[C@@H]2[C@@H](c3ccc(SC)cc3)C(C#N)(C#N)[C@H]3c4ccccc4C=CN23)cc1. The van der Waals surface area contributed by atoms with Crippen LogP contribution in [0.15, 0.2) is 83.9 Å². The highest BCUT2D eigenvalue weighted by molar-refractivity contribution is 7.98. The Morgan fingerprint density at radius 2 is 1.69 bits per heavy atom. The zero-order valence-electron chi connectivity index (χ0n) is 19.4. The quantitative estimate of drug-likeness (QED) is 0.340. The van der Waals surface area contributed by atoms with Crippen LogP contribution in [-0.2, 0) is 0 Å². The number of ketones is 1. The van der Waals surface area contributed by atoms with Crippen LogP contribution in [0, 0.1) is 28.1 Å². The highest BCUT2D eigenvalue weighted by atomic mass is 32.2. The van der Waals surface area contributed by atoms with Crippen molar-refractivity contribution < 1.29 is 9.53 Å². The van der Waals surface area contributed by atoms with Crippen LogP contribution in [0.2, 0.25) is 0 Å². The number of methoxy groups -OCH3 is 1. The molecule has 3 atom stereocenters. The number of nitriles is 2. The molecule has 2 aliphatic heterocycles. The molecule has 1 saturated heterocycles. The summed E-state index contributed by atoms with van der Waals surface area (Å²) in [7, 11) is 1.58. The van der Waals surface area contributed by atoms with Crippen LogP contribution in [0.3, 0.4) is 0 Å². The first-order valence-electron chi connectivity index (χ1n) is 11.3. The molecule has 0 aromatic heterocycles. The third kappa shape index (κ3) is 3.50. The maximum absolute atomic E-state index is 14.1. The summed E-state index contributed by atoms with van der Waals surface area (Å²) in [5, 5.41) is 21.2. The molecule has 172 valence electrons. The molecule has 3 aromatic carbocycles. The van der Waals surface area contributed by atoms with Gasteiger partial charge in [-0.25, -0.2) is 0 Å². The summed E-state index contributed by atoms with van der Waals surface area (Å²) < 4.78 is 5.26. The molecule has 3 aromatic rings. The van der Waals surface area contributed by atoms with Gasteiger partial charge in [-0.1, -0.05) is 36.4 Å². The molecule has 0 aliphatic carbocycles. The Hall–Kier alpha value is -4.00. The lowest BCUT2D eigenvalue weighted by Crippen LogP contribution is -2.37. The first-order valence-corrected chi connectivity index (χ1v) is 12.5. The average Bonchev–Trinajstić information content (AvgIpc) is 3.23. The minimum Gasteiger partial charge on any atom is -0.497 e. The fourth-order valence-electron chi connectivity index (χ4n) is 5.41. The molecule has 0 spiro atoms. The van der Waals surface area contributed by atoms with Gasteiger partial charge in [0.15, 0.2) is 11.2 Å². The van der Waals surface area contributed by atoms with Gasteiger partial charge in [0.25, 0.3) is 0 Å². The first kappa shape index (κ1) is 22.8. The van der Waals surface area contributed by atoms with Crippen LogP contribution >= 0.6 is 11.8 Å². The zero-order chi connectivity index (χ0) is 24.6. The number of carbonyl (C=O) groups is 1. The van der Waals surface area contributed by atoms with Crippen molar-refractivity contribution in [1.82, 2.24) is 4.90 Å². The fraction of sp³-hybridized carbons (Fsp3) is 0.207. The van der Waals surface area contributed by atoms with E-state index in [2.05, 4.69) is 12.1 Å². The van der Waals surface area contributed by atoms with Crippen LogP contribution in [0.4, 0.5) is 0 Å². The third-order valence-corrected chi connectivity index (χ3v) is 7.81. The molecular formula is C29H23N3O2S. The molecular weight excluding hydrogens is 454 g/mol. The minimum absolute atomic E-state index is 0.131. The molecule has 0 unspecified atom stereocenters. The number of benzene rings is 3. The lowest BCUT2D eigenvalue weighted by molar-refractivity contribution is 0.0874. The molecule has 0 radical (unpaired) electrons. The summed E-state index contributed by atoms with van der Waals surface area (Å²) in [6.45, 7) is 0. The number of rotatable bonds is 5. The molecule has 2 aliphatic rings. The maximum atomic E-state index is 14.1. The second-order valence-electron chi connectivity index (χ2n) is 8.68. The van der Waals surface area contributed by atoms with Crippen molar-refractivity contribution in [1.29, 1.82) is 10.5 Å². The number of fused-ring (bicyclic) bond motifs is 3. The standard InChI is InChI=1S/C29H23N3O2S/c1-34-22-11-7-21(8-12-22)27(33)26-25(20-9-13-23(35-2)14-10-20)29(17-30,18-31)28-24-6-4-3-5-19(24)15-16-32(26)28/h3-16,25-26,28H,1-2H3/t25-,26+,28-/m1/s1.